The number of unbranched alkanes of at least 4 members (excludes halogenated alkanes) is 1. The zero-order valence-electron chi connectivity index (χ0n) is 19.3. The average molecular weight is 401 g/mol. The van der Waals surface area contributed by atoms with Gasteiger partial charge in [0.05, 0.1) is 0 Å². The van der Waals surface area contributed by atoms with Gasteiger partial charge in [-0.25, -0.2) is 0 Å². The largest absolute Gasteiger partial charge is 0.341 e. The predicted molar refractivity (Wildman–Crippen MR) is 133 cm³/mol. The van der Waals surface area contributed by atoms with Gasteiger partial charge in [-0.3, -0.25) is 4.79 Å². The molecule has 29 heavy (non-hydrogen) atoms. The number of carbonyl (C=O) groups is 1. The van der Waals surface area contributed by atoms with Crippen LogP contribution in [0.5, 0.6) is 0 Å². The summed E-state index contributed by atoms with van der Waals surface area (Å²) in [5.41, 5.74) is 7.06. The fraction of sp³-hybridized carbons (Fsp3) is 0.500. The van der Waals surface area contributed by atoms with E-state index in [2.05, 4.69) is 71.6 Å². The van der Waals surface area contributed by atoms with E-state index in [1.54, 1.807) is 0 Å². The van der Waals surface area contributed by atoms with Crippen LogP contribution in [0.2, 0.25) is 0 Å². The zero-order valence-corrected chi connectivity index (χ0v) is 19.3. The first kappa shape index (κ1) is 37.1. The molecule has 2 N–H and O–H groups in total. The fourth-order valence-electron chi connectivity index (χ4n) is 2.17. The number of carbonyl (C=O) groups excluding carboxylic acids is 1. The monoisotopic (exact) mass is 400 g/mol. The summed E-state index contributed by atoms with van der Waals surface area (Å²) in [7, 11) is 0. The van der Waals surface area contributed by atoms with E-state index in [0.717, 1.165) is 44.3 Å². The van der Waals surface area contributed by atoms with E-state index in [1.165, 1.54) is 12.8 Å². The van der Waals surface area contributed by atoms with E-state index in [9.17, 15) is 4.79 Å². The number of nitrogens with two attached hydrogens (primary N) is 1. The van der Waals surface area contributed by atoms with Crippen LogP contribution in [0, 0.1) is 38.5 Å². The van der Waals surface area contributed by atoms with E-state index in [0.29, 0.717) is 0 Å². The van der Waals surface area contributed by atoms with Gasteiger partial charge >= 0.3 is 0 Å². The molecule has 3 heteroatoms. The van der Waals surface area contributed by atoms with E-state index in [-0.39, 0.29) is 5.91 Å². The topological polar surface area (TPSA) is 46.3 Å². The molecule has 1 amide bonds. The second-order valence-electron chi connectivity index (χ2n) is 5.22. The second-order valence-corrected chi connectivity index (χ2v) is 5.22. The molecule has 1 aliphatic heterocycles. The molecule has 2 rings (SSSR count). The molecule has 0 bridgehead atoms. The molecule has 0 spiro atoms. The molecular formula is C26H44N2O. The Balaban J connectivity index is -0.000000116. The first-order valence-electron chi connectivity index (χ1n) is 10.1. The third-order valence-electron chi connectivity index (χ3n) is 3.63. The number of hydrogen-bond donors (Lipinski definition) is 1. The SMILES string of the molecule is C#C.C#C.C#C.C=C.CC.CCCC.NC(C(=O)N1CCCC1)C1=CC=CCC1. The molecule has 1 fully saturated rings. The van der Waals surface area contributed by atoms with Gasteiger partial charge in [-0.2, -0.15) is 0 Å². The lowest BCUT2D eigenvalue weighted by molar-refractivity contribution is -0.130. The molecule has 0 saturated carbocycles. The van der Waals surface area contributed by atoms with Crippen LogP contribution >= 0.6 is 0 Å². The van der Waals surface area contributed by atoms with Crippen molar-refractivity contribution in [2.45, 2.75) is 72.3 Å². The number of nitrogens with zero attached hydrogens (tertiary/aromatic N) is 1. The highest BCUT2D eigenvalue weighted by Gasteiger charge is 2.25. The van der Waals surface area contributed by atoms with Crippen molar-refractivity contribution in [3.8, 4) is 38.5 Å². The van der Waals surface area contributed by atoms with Crippen molar-refractivity contribution in [1.29, 1.82) is 0 Å². The van der Waals surface area contributed by atoms with Gasteiger partial charge in [0.15, 0.2) is 0 Å². The van der Waals surface area contributed by atoms with Crippen molar-refractivity contribution >= 4 is 5.91 Å². The molecule has 0 radical (unpaired) electrons. The molecule has 2 aliphatic rings. The molecular weight excluding hydrogens is 356 g/mol. The van der Waals surface area contributed by atoms with Gasteiger partial charge in [-0.05, 0) is 31.3 Å². The number of terminal acetylenes is 3. The van der Waals surface area contributed by atoms with Crippen molar-refractivity contribution in [1.82, 2.24) is 4.90 Å². The van der Waals surface area contributed by atoms with Crippen LogP contribution in [0.3, 0.4) is 0 Å². The summed E-state index contributed by atoms with van der Waals surface area (Å²) in [5.74, 6) is 0.106. The van der Waals surface area contributed by atoms with Gasteiger partial charge in [0.25, 0.3) is 0 Å². The Bertz CT molecular complexity index is 433. The lowest BCUT2D eigenvalue weighted by atomic mass is 9.97. The zero-order chi connectivity index (χ0) is 24.1. The molecule has 0 aromatic rings. The molecule has 1 saturated heterocycles. The Kier molecular flexibility index (Phi) is 46.5. The summed E-state index contributed by atoms with van der Waals surface area (Å²) in [4.78, 5) is 13.9. The number of likely N-dealkylation sites (tertiary alicyclic amines) is 1. The van der Waals surface area contributed by atoms with Crippen LogP contribution < -0.4 is 5.73 Å². The van der Waals surface area contributed by atoms with Gasteiger partial charge in [0.2, 0.25) is 5.91 Å². The Morgan fingerprint density at radius 1 is 1.03 bits per heavy atom. The quantitative estimate of drug-likeness (QED) is 0.495. The van der Waals surface area contributed by atoms with Crippen molar-refractivity contribution in [2.24, 2.45) is 5.73 Å². The maximum absolute atomic E-state index is 12.0. The Morgan fingerprint density at radius 3 is 1.76 bits per heavy atom. The van der Waals surface area contributed by atoms with Crippen LogP contribution in [-0.4, -0.2) is 29.9 Å². The van der Waals surface area contributed by atoms with Crippen LogP contribution in [0.25, 0.3) is 0 Å². The summed E-state index contributed by atoms with van der Waals surface area (Å²) in [6, 6.07) is -0.409. The van der Waals surface area contributed by atoms with Crippen LogP contribution in [0.15, 0.2) is 37.0 Å². The van der Waals surface area contributed by atoms with E-state index < -0.39 is 6.04 Å². The van der Waals surface area contributed by atoms with Crippen LogP contribution in [-0.2, 0) is 4.79 Å². The predicted octanol–water partition coefficient (Wildman–Crippen LogP) is 5.60. The normalized spacial score (nSPS) is 13.3. The summed E-state index contributed by atoms with van der Waals surface area (Å²) in [5, 5.41) is 0. The molecule has 3 nitrogen and oxygen atoms in total. The molecule has 164 valence electrons. The average Bonchev–Trinajstić information content (AvgIpc) is 3.40. The number of amides is 1. The third kappa shape index (κ3) is 21.5. The smallest absolute Gasteiger partial charge is 0.243 e. The lowest BCUT2D eigenvalue weighted by Crippen LogP contribution is -2.43. The molecule has 1 heterocycles. The van der Waals surface area contributed by atoms with Gasteiger partial charge in [0.1, 0.15) is 6.04 Å². The first-order chi connectivity index (χ1) is 14.2. The highest BCUT2D eigenvalue weighted by Crippen LogP contribution is 2.17. The number of hydrogen-bond acceptors (Lipinski definition) is 2. The van der Waals surface area contributed by atoms with Crippen molar-refractivity contribution in [2.75, 3.05) is 13.1 Å². The minimum atomic E-state index is -0.409. The first-order valence-corrected chi connectivity index (χ1v) is 10.1. The fourth-order valence-corrected chi connectivity index (χ4v) is 2.17. The van der Waals surface area contributed by atoms with Gasteiger partial charge in [0, 0.05) is 13.1 Å². The number of rotatable bonds is 3. The van der Waals surface area contributed by atoms with Crippen molar-refractivity contribution in [3.63, 3.8) is 0 Å². The molecule has 0 aromatic heterocycles. The van der Waals surface area contributed by atoms with Crippen LogP contribution in [0.4, 0.5) is 0 Å². The standard InChI is InChI=1S/C12H18N2O.C4H10.C2H6.C2H4.3C2H2/c13-11(10-6-2-1-3-7-10)12(15)14-8-4-5-9-14;1-3-4-2;5*1-2/h1-2,6,11H,3-5,7-9,13H2;3-4H2,1-2H3;1-2H3;1-2H2;3*1-2H. The highest BCUT2D eigenvalue weighted by molar-refractivity contribution is 5.85. The lowest BCUT2D eigenvalue weighted by Gasteiger charge is -2.22. The third-order valence-corrected chi connectivity index (χ3v) is 3.63. The summed E-state index contributed by atoms with van der Waals surface area (Å²) >= 11 is 0. The minimum Gasteiger partial charge on any atom is -0.341 e. The van der Waals surface area contributed by atoms with Gasteiger partial charge < -0.3 is 10.6 Å². The van der Waals surface area contributed by atoms with E-state index in [1.807, 2.05) is 30.9 Å². The highest BCUT2D eigenvalue weighted by atomic mass is 16.2. The summed E-state index contributed by atoms with van der Waals surface area (Å²) < 4.78 is 0. The second kappa shape index (κ2) is 36.3. The summed E-state index contributed by atoms with van der Waals surface area (Å²) in [6.07, 6.45) is 36.9. The molecule has 1 aliphatic carbocycles. The molecule has 1 atom stereocenters. The Labute approximate surface area is 182 Å². The maximum atomic E-state index is 12.0. The van der Waals surface area contributed by atoms with Crippen molar-refractivity contribution < 1.29 is 4.79 Å². The molecule has 0 aromatic carbocycles. The van der Waals surface area contributed by atoms with Gasteiger partial charge in [-0.1, -0.05) is 58.8 Å². The van der Waals surface area contributed by atoms with E-state index >= 15 is 0 Å². The minimum absolute atomic E-state index is 0.106. The number of allylic oxidation sites excluding steroid dienone is 3. The summed E-state index contributed by atoms with van der Waals surface area (Å²) in [6.45, 7) is 16.1. The van der Waals surface area contributed by atoms with Crippen molar-refractivity contribution in [3.05, 3.63) is 37.0 Å². The Hall–Kier alpha value is -2.67. The van der Waals surface area contributed by atoms with Gasteiger partial charge in [-0.15, -0.1) is 51.7 Å². The molecule has 1 unspecified atom stereocenters. The Morgan fingerprint density at radius 2 is 1.45 bits per heavy atom. The van der Waals surface area contributed by atoms with E-state index in [4.69, 9.17) is 5.73 Å². The maximum Gasteiger partial charge on any atom is 0.243 e. The van der Waals surface area contributed by atoms with Crippen LogP contribution in [0.1, 0.15) is 66.2 Å².